The van der Waals surface area contributed by atoms with Gasteiger partial charge in [-0.05, 0) is 29.8 Å². The number of rotatable bonds is 2. The SMILES string of the molecule is CN(C)C(=O)c1ccc(-c2ccc(O)cc2F)cc1. The summed E-state index contributed by atoms with van der Waals surface area (Å²) in [4.78, 5) is 13.2. The van der Waals surface area contributed by atoms with Gasteiger partial charge in [0.2, 0.25) is 0 Å². The van der Waals surface area contributed by atoms with E-state index in [1.165, 1.54) is 17.0 Å². The van der Waals surface area contributed by atoms with E-state index in [4.69, 9.17) is 0 Å². The van der Waals surface area contributed by atoms with Gasteiger partial charge < -0.3 is 10.0 Å². The lowest BCUT2D eigenvalue weighted by molar-refractivity contribution is 0.0827. The monoisotopic (exact) mass is 259 g/mol. The molecule has 0 saturated heterocycles. The van der Waals surface area contributed by atoms with Crippen molar-refractivity contribution in [3.63, 3.8) is 0 Å². The minimum Gasteiger partial charge on any atom is -0.508 e. The molecule has 0 saturated carbocycles. The molecule has 0 unspecified atom stereocenters. The van der Waals surface area contributed by atoms with E-state index in [-0.39, 0.29) is 11.7 Å². The summed E-state index contributed by atoms with van der Waals surface area (Å²) >= 11 is 0. The van der Waals surface area contributed by atoms with Gasteiger partial charge in [0, 0.05) is 31.3 Å². The molecular formula is C15H14FNO2. The zero-order valence-corrected chi connectivity index (χ0v) is 10.7. The van der Waals surface area contributed by atoms with Crippen molar-refractivity contribution in [3.8, 4) is 16.9 Å². The second-order valence-electron chi connectivity index (χ2n) is 4.44. The molecular weight excluding hydrogens is 245 g/mol. The molecule has 2 rings (SSSR count). The van der Waals surface area contributed by atoms with E-state index in [1.807, 2.05) is 0 Å². The van der Waals surface area contributed by atoms with Gasteiger partial charge in [-0.25, -0.2) is 4.39 Å². The van der Waals surface area contributed by atoms with Gasteiger partial charge in [0.25, 0.3) is 5.91 Å². The fourth-order valence-electron chi connectivity index (χ4n) is 1.79. The molecule has 0 aromatic heterocycles. The molecule has 1 N–H and O–H groups in total. The van der Waals surface area contributed by atoms with Crippen LogP contribution in [0, 0.1) is 5.82 Å². The Morgan fingerprint density at radius 3 is 2.26 bits per heavy atom. The Morgan fingerprint density at radius 2 is 1.74 bits per heavy atom. The Hall–Kier alpha value is -2.36. The first-order valence-corrected chi connectivity index (χ1v) is 5.79. The van der Waals surface area contributed by atoms with Crippen molar-refractivity contribution in [1.29, 1.82) is 0 Å². The summed E-state index contributed by atoms with van der Waals surface area (Å²) in [7, 11) is 3.35. The molecule has 0 spiro atoms. The lowest BCUT2D eigenvalue weighted by Gasteiger charge is -2.10. The highest BCUT2D eigenvalue weighted by Crippen LogP contribution is 2.26. The molecule has 98 valence electrons. The predicted molar refractivity (Wildman–Crippen MR) is 71.5 cm³/mol. The fourth-order valence-corrected chi connectivity index (χ4v) is 1.79. The number of halogens is 1. The van der Waals surface area contributed by atoms with Crippen LogP contribution in [0.25, 0.3) is 11.1 Å². The highest BCUT2D eigenvalue weighted by molar-refractivity contribution is 5.94. The molecule has 0 atom stereocenters. The van der Waals surface area contributed by atoms with Crippen LogP contribution in [0.15, 0.2) is 42.5 Å². The third-order valence-electron chi connectivity index (χ3n) is 2.80. The Balaban J connectivity index is 2.35. The second-order valence-corrected chi connectivity index (χ2v) is 4.44. The zero-order chi connectivity index (χ0) is 14.0. The van der Waals surface area contributed by atoms with Crippen molar-refractivity contribution in [1.82, 2.24) is 4.90 Å². The average molecular weight is 259 g/mol. The summed E-state index contributed by atoms with van der Waals surface area (Å²) in [5, 5.41) is 9.17. The van der Waals surface area contributed by atoms with Crippen LogP contribution in [0.4, 0.5) is 4.39 Å². The maximum Gasteiger partial charge on any atom is 0.253 e. The number of aromatic hydroxyl groups is 1. The first kappa shape index (κ1) is 13.1. The Bertz CT molecular complexity index is 606. The van der Waals surface area contributed by atoms with Crippen molar-refractivity contribution < 1.29 is 14.3 Å². The predicted octanol–water partition coefficient (Wildman–Crippen LogP) is 2.90. The van der Waals surface area contributed by atoms with Gasteiger partial charge in [-0.2, -0.15) is 0 Å². The van der Waals surface area contributed by atoms with Crippen LogP contribution in [0.3, 0.4) is 0 Å². The van der Waals surface area contributed by atoms with E-state index in [0.29, 0.717) is 16.7 Å². The number of nitrogens with zero attached hydrogens (tertiary/aromatic N) is 1. The van der Waals surface area contributed by atoms with Crippen molar-refractivity contribution in [3.05, 3.63) is 53.8 Å². The van der Waals surface area contributed by atoms with Crippen LogP contribution >= 0.6 is 0 Å². The number of carbonyl (C=O) groups excluding carboxylic acids is 1. The summed E-state index contributed by atoms with van der Waals surface area (Å²) in [5.41, 5.74) is 1.60. The molecule has 2 aromatic rings. The molecule has 0 fully saturated rings. The standard InChI is InChI=1S/C15H14FNO2/c1-17(2)15(19)11-5-3-10(4-6-11)13-8-7-12(18)9-14(13)16/h3-9,18H,1-2H3. The number of phenols is 1. The second kappa shape index (κ2) is 5.10. The van der Waals surface area contributed by atoms with Crippen molar-refractivity contribution in [2.45, 2.75) is 0 Å². The first-order chi connectivity index (χ1) is 8.99. The van der Waals surface area contributed by atoms with Gasteiger partial charge in [-0.1, -0.05) is 12.1 Å². The molecule has 0 aliphatic rings. The summed E-state index contributed by atoms with van der Waals surface area (Å²) in [6, 6.07) is 10.7. The summed E-state index contributed by atoms with van der Waals surface area (Å²) in [6.07, 6.45) is 0. The molecule has 3 nitrogen and oxygen atoms in total. The Labute approximate surface area is 110 Å². The smallest absolute Gasteiger partial charge is 0.253 e. The van der Waals surface area contributed by atoms with Crippen molar-refractivity contribution in [2.75, 3.05) is 14.1 Å². The highest BCUT2D eigenvalue weighted by Gasteiger charge is 2.09. The Kier molecular flexibility index (Phi) is 3.51. The van der Waals surface area contributed by atoms with Gasteiger partial charge in [0.05, 0.1) is 0 Å². The third-order valence-corrected chi connectivity index (χ3v) is 2.80. The normalized spacial score (nSPS) is 10.3. The molecule has 4 heteroatoms. The van der Waals surface area contributed by atoms with Gasteiger partial charge in [-0.15, -0.1) is 0 Å². The number of carbonyl (C=O) groups is 1. The minimum atomic E-state index is -0.494. The number of phenolic OH excluding ortho intramolecular Hbond substituents is 1. The van der Waals surface area contributed by atoms with E-state index >= 15 is 0 Å². The topological polar surface area (TPSA) is 40.5 Å². The maximum absolute atomic E-state index is 13.7. The number of hydrogen-bond donors (Lipinski definition) is 1. The average Bonchev–Trinajstić information content (AvgIpc) is 2.38. The first-order valence-electron chi connectivity index (χ1n) is 5.79. The van der Waals surface area contributed by atoms with Gasteiger partial charge in [0.15, 0.2) is 0 Å². The molecule has 0 aliphatic carbocycles. The van der Waals surface area contributed by atoms with E-state index in [1.54, 1.807) is 38.4 Å². The van der Waals surface area contributed by atoms with Crippen LogP contribution in [-0.2, 0) is 0 Å². The molecule has 0 aliphatic heterocycles. The van der Waals surface area contributed by atoms with E-state index in [2.05, 4.69) is 0 Å². The number of benzene rings is 2. The molecule has 0 heterocycles. The quantitative estimate of drug-likeness (QED) is 0.900. The summed E-state index contributed by atoms with van der Waals surface area (Å²) in [6.45, 7) is 0. The summed E-state index contributed by atoms with van der Waals surface area (Å²) in [5.74, 6) is -0.704. The fraction of sp³-hybridized carbons (Fsp3) is 0.133. The van der Waals surface area contributed by atoms with Gasteiger partial charge in [-0.3, -0.25) is 4.79 Å². The lowest BCUT2D eigenvalue weighted by Crippen LogP contribution is -2.21. The van der Waals surface area contributed by atoms with Crippen LogP contribution in [-0.4, -0.2) is 30.0 Å². The van der Waals surface area contributed by atoms with Gasteiger partial charge >= 0.3 is 0 Å². The maximum atomic E-state index is 13.7. The van der Waals surface area contributed by atoms with Crippen LogP contribution < -0.4 is 0 Å². The largest absolute Gasteiger partial charge is 0.508 e. The minimum absolute atomic E-state index is 0.0993. The highest BCUT2D eigenvalue weighted by atomic mass is 19.1. The molecule has 2 aromatic carbocycles. The van der Waals surface area contributed by atoms with E-state index in [0.717, 1.165) is 6.07 Å². The molecule has 19 heavy (non-hydrogen) atoms. The van der Waals surface area contributed by atoms with E-state index in [9.17, 15) is 14.3 Å². The van der Waals surface area contributed by atoms with Crippen LogP contribution in [0.2, 0.25) is 0 Å². The number of amides is 1. The van der Waals surface area contributed by atoms with Crippen molar-refractivity contribution in [2.24, 2.45) is 0 Å². The molecule has 0 radical (unpaired) electrons. The summed E-state index contributed by atoms with van der Waals surface area (Å²) < 4.78 is 13.7. The van der Waals surface area contributed by atoms with Crippen molar-refractivity contribution >= 4 is 5.91 Å². The van der Waals surface area contributed by atoms with Crippen LogP contribution in [0.1, 0.15) is 10.4 Å². The van der Waals surface area contributed by atoms with E-state index < -0.39 is 5.82 Å². The molecule has 1 amide bonds. The lowest BCUT2D eigenvalue weighted by atomic mass is 10.0. The van der Waals surface area contributed by atoms with Crippen LogP contribution in [0.5, 0.6) is 5.75 Å². The third kappa shape index (κ3) is 2.73. The number of hydrogen-bond acceptors (Lipinski definition) is 2. The molecule has 0 bridgehead atoms. The zero-order valence-electron chi connectivity index (χ0n) is 10.7. The van der Waals surface area contributed by atoms with Gasteiger partial charge in [0.1, 0.15) is 11.6 Å². The Morgan fingerprint density at radius 1 is 1.11 bits per heavy atom.